The van der Waals surface area contributed by atoms with Crippen LogP contribution in [0.25, 0.3) is 0 Å². The second-order valence-corrected chi connectivity index (χ2v) is 4.69. The Morgan fingerprint density at radius 3 is 2.78 bits per heavy atom. The second-order valence-electron chi connectivity index (χ2n) is 4.69. The van der Waals surface area contributed by atoms with Crippen molar-refractivity contribution < 1.29 is 9.53 Å². The van der Waals surface area contributed by atoms with Gasteiger partial charge < -0.3 is 10.1 Å². The molecule has 0 aromatic carbocycles. The highest BCUT2D eigenvalue weighted by atomic mass is 16.5. The summed E-state index contributed by atoms with van der Waals surface area (Å²) in [4.78, 5) is 12.2. The van der Waals surface area contributed by atoms with Crippen LogP contribution in [0.2, 0.25) is 0 Å². The minimum Gasteiger partial charge on any atom is -0.374 e. The number of aromatic amines is 1. The molecule has 0 saturated carbocycles. The molecule has 1 aliphatic heterocycles. The lowest BCUT2D eigenvalue weighted by molar-refractivity contribution is -0.122. The molecule has 0 bridgehead atoms. The van der Waals surface area contributed by atoms with Gasteiger partial charge in [-0.1, -0.05) is 6.92 Å². The quantitative estimate of drug-likeness (QED) is 0.824. The standard InChI is InChI=1S/C12H16N4O2/c1-6-7(2)18-8(3)10(6)12(17)15-11-9(4-13)5-14-16-11/h5-8,10H,1-3H3,(H2,14,15,16,17). The zero-order valence-corrected chi connectivity index (χ0v) is 10.6. The number of amides is 1. The number of hydrogen-bond donors (Lipinski definition) is 2. The number of H-pyrrole nitrogens is 1. The summed E-state index contributed by atoms with van der Waals surface area (Å²) in [5.41, 5.74) is 0.329. The largest absolute Gasteiger partial charge is 0.374 e. The van der Waals surface area contributed by atoms with E-state index in [-0.39, 0.29) is 30.0 Å². The first-order chi connectivity index (χ1) is 8.54. The van der Waals surface area contributed by atoms with Crippen molar-refractivity contribution in [2.45, 2.75) is 33.0 Å². The lowest BCUT2D eigenvalue weighted by atomic mass is 9.89. The maximum atomic E-state index is 12.2. The van der Waals surface area contributed by atoms with Crippen molar-refractivity contribution >= 4 is 11.7 Å². The third kappa shape index (κ3) is 2.09. The van der Waals surface area contributed by atoms with E-state index >= 15 is 0 Å². The number of hydrogen-bond acceptors (Lipinski definition) is 4. The molecule has 1 fully saturated rings. The van der Waals surface area contributed by atoms with Gasteiger partial charge in [-0.25, -0.2) is 0 Å². The Morgan fingerprint density at radius 2 is 2.22 bits per heavy atom. The van der Waals surface area contributed by atoms with E-state index in [1.165, 1.54) is 6.20 Å². The Morgan fingerprint density at radius 1 is 1.50 bits per heavy atom. The third-order valence-electron chi connectivity index (χ3n) is 3.55. The molecule has 96 valence electrons. The molecular weight excluding hydrogens is 232 g/mol. The second kappa shape index (κ2) is 4.78. The number of rotatable bonds is 2. The van der Waals surface area contributed by atoms with E-state index in [0.717, 1.165) is 0 Å². The zero-order valence-electron chi connectivity index (χ0n) is 10.6. The lowest BCUT2D eigenvalue weighted by Gasteiger charge is -2.17. The maximum absolute atomic E-state index is 12.2. The van der Waals surface area contributed by atoms with Gasteiger partial charge in [0.15, 0.2) is 0 Å². The minimum atomic E-state index is -0.213. The molecule has 0 radical (unpaired) electrons. The van der Waals surface area contributed by atoms with E-state index in [1.807, 2.05) is 26.8 Å². The Balaban J connectivity index is 2.11. The van der Waals surface area contributed by atoms with E-state index in [2.05, 4.69) is 15.5 Å². The van der Waals surface area contributed by atoms with Gasteiger partial charge in [-0.15, -0.1) is 0 Å². The molecule has 2 N–H and O–H groups in total. The van der Waals surface area contributed by atoms with Crippen LogP contribution < -0.4 is 5.32 Å². The van der Waals surface area contributed by atoms with Gasteiger partial charge in [0.2, 0.25) is 5.91 Å². The SMILES string of the molecule is CC1OC(C)C(C(=O)Nc2[nH]ncc2C#N)C1C. The molecule has 0 spiro atoms. The van der Waals surface area contributed by atoms with Crippen LogP contribution in [0.15, 0.2) is 6.20 Å². The number of ether oxygens (including phenoxy) is 1. The molecule has 6 heteroatoms. The summed E-state index contributed by atoms with van der Waals surface area (Å²) < 4.78 is 5.63. The highest BCUT2D eigenvalue weighted by Crippen LogP contribution is 2.32. The molecule has 1 aromatic rings. The number of nitrogens with one attached hydrogen (secondary N) is 2. The van der Waals surface area contributed by atoms with Gasteiger partial charge in [0, 0.05) is 0 Å². The van der Waals surface area contributed by atoms with Crippen LogP contribution in [0, 0.1) is 23.2 Å². The molecule has 18 heavy (non-hydrogen) atoms. The summed E-state index contributed by atoms with van der Waals surface area (Å²) in [6.45, 7) is 5.85. The number of carbonyl (C=O) groups is 1. The van der Waals surface area contributed by atoms with Gasteiger partial charge in [0.05, 0.1) is 24.3 Å². The van der Waals surface area contributed by atoms with Crippen LogP contribution in [0.5, 0.6) is 0 Å². The van der Waals surface area contributed by atoms with Crippen LogP contribution in [-0.4, -0.2) is 28.3 Å². The van der Waals surface area contributed by atoms with E-state index in [9.17, 15) is 4.79 Å². The first kappa shape index (κ1) is 12.6. The van der Waals surface area contributed by atoms with Gasteiger partial charge in [-0.2, -0.15) is 10.4 Å². The fourth-order valence-electron chi connectivity index (χ4n) is 2.39. The smallest absolute Gasteiger partial charge is 0.231 e. The zero-order chi connectivity index (χ0) is 13.3. The van der Waals surface area contributed by atoms with Gasteiger partial charge in [-0.05, 0) is 19.8 Å². The highest BCUT2D eigenvalue weighted by molar-refractivity contribution is 5.93. The van der Waals surface area contributed by atoms with Crippen molar-refractivity contribution in [2.24, 2.45) is 11.8 Å². The van der Waals surface area contributed by atoms with E-state index in [4.69, 9.17) is 10.00 Å². The third-order valence-corrected chi connectivity index (χ3v) is 3.55. The summed E-state index contributed by atoms with van der Waals surface area (Å²) in [7, 11) is 0. The lowest BCUT2D eigenvalue weighted by Crippen LogP contribution is -2.32. The topological polar surface area (TPSA) is 90.8 Å². The molecule has 4 unspecified atom stereocenters. The summed E-state index contributed by atoms with van der Waals surface area (Å²) >= 11 is 0. The average Bonchev–Trinajstić information content (AvgIpc) is 2.85. The summed E-state index contributed by atoms with van der Waals surface area (Å²) in [5.74, 6) is 0.143. The van der Waals surface area contributed by atoms with Gasteiger partial charge in [-0.3, -0.25) is 9.89 Å². The fourth-order valence-corrected chi connectivity index (χ4v) is 2.39. The van der Waals surface area contributed by atoms with Crippen molar-refractivity contribution in [3.63, 3.8) is 0 Å². The Bertz CT molecular complexity index is 491. The molecule has 1 aromatic heterocycles. The molecule has 4 atom stereocenters. The molecular formula is C12H16N4O2. The Kier molecular flexibility index (Phi) is 3.34. The Hall–Kier alpha value is -1.87. The van der Waals surface area contributed by atoms with Crippen molar-refractivity contribution in [3.8, 4) is 6.07 Å². The minimum absolute atomic E-state index is 0.0629. The van der Waals surface area contributed by atoms with Gasteiger partial charge >= 0.3 is 0 Å². The summed E-state index contributed by atoms with van der Waals surface area (Å²) in [6.07, 6.45) is 1.33. The van der Waals surface area contributed by atoms with Crippen LogP contribution in [0.3, 0.4) is 0 Å². The molecule has 2 rings (SSSR count). The van der Waals surface area contributed by atoms with E-state index < -0.39 is 0 Å². The monoisotopic (exact) mass is 248 g/mol. The molecule has 1 aliphatic rings. The average molecular weight is 248 g/mol. The predicted molar refractivity (Wildman–Crippen MR) is 64.6 cm³/mol. The van der Waals surface area contributed by atoms with Crippen LogP contribution in [-0.2, 0) is 9.53 Å². The van der Waals surface area contributed by atoms with Crippen molar-refractivity contribution in [1.29, 1.82) is 5.26 Å². The molecule has 1 amide bonds. The summed E-state index contributed by atoms with van der Waals surface area (Å²) in [5, 5.41) is 17.9. The predicted octanol–water partition coefficient (Wildman–Crippen LogP) is 1.28. The van der Waals surface area contributed by atoms with Crippen LogP contribution >= 0.6 is 0 Å². The van der Waals surface area contributed by atoms with Gasteiger partial charge in [0.25, 0.3) is 0 Å². The fraction of sp³-hybridized carbons (Fsp3) is 0.583. The first-order valence-corrected chi connectivity index (χ1v) is 5.94. The normalized spacial score (nSPS) is 31.0. The first-order valence-electron chi connectivity index (χ1n) is 5.94. The summed E-state index contributed by atoms with van der Waals surface area (Å²) in [6, 6.07) is 1.96. The number of aromatic nitrogens is 2. The van der Waals surface area contributed by atoms with Crippen molar-refractivity contribution in [1.82, 2.24) is 10.2 Å². The molecule has 6 nitrogen and oxygen atoms in total. The molecule has 2 heterocycles. The Labute approximate surface area is 105 Å². The number of carbonyl (C=O) groups excluding carboxylic acids is 1. The van der Waals surface area contributed by atoms with Crippen molar-refractivity contribution in [2.75, 3.05) is 5.32 Å². The van der Waals surface area contributed by atoms with Crippen molar-refractivity contribution in [3.05, 3.63) is 11.8 Å². The highest BCUT2D eigenvalue weighted by Gasteiger charge is 2.41. The maximum Gasteiger partial charge on any atom is 0.231 e. The number of nitriles is 1. The van der Waals surface area contributed by atoms with Gasteiger partial charge in [0.1, 0.15) is 17.5 Å². The van der Waals surface area contributed by atoms with Crippen LogP contribution in [0.1, 0.15) is 26.3 Å². The van der Waals surface area contributed by atoms with Crippen LogP contribution in [0.4, 0.5) is 5.82 Å². The molecule has 1 saturated heterocycles. The number of nitrogens with zero attached hydrogens (tertiary/aromatic N) is 2. The molecule has 0 aliphatic carbocycles. The number of anilines is 1. The van der Waals surface area contributed by atoms with E-state index in [0.29, 0.717) is 11.4 Å². The van der Waals surface area contributed by atoms with E-state index in [1.54, 1.807) is 0 Å².